The third-order valence-electron chi connectivity index (χ3n) is 6.05. The maximum atomic E-state index is 14.4. The summed E-state index contributed by atoms with van der Waals surface area (Å²) in [6.07, 6.45) is 1.75. The Bertz CT molecular complexity index is 1150. The molecule has 2 aliphatic rings. The summed E-state index contributed by atoms with van der Waals surface area (Å²) in [5.41, 5.74) is 3.04. The Kier molecular flexibility index (Phi) is 6.39. The molecule has 6 nitrogen and oxygen atoms in total. The van der Waals surface area contributed by atoms with Gasteiger partial charge in [0.05, 0.1) is 16.9 Å². The van der Waals surface area contributed by atoms with Gasteiger partial charge >= 0.3 is 0 Å². The summed E-state index contributed by atoms with van der Waals surface area (Å²) in [6.45, 7) is 6.27. The molecule has 0 atom stereocenters. The second kappa shape index (κ2) is 9.59. The van der Waals surface area contributed by atoms with Crippen molar-refractivity contribution >= 4 is 23.2 Å². The number of anilines is 2. The summed E-state index contributed by atoms with van der Waals surface area (Å²) in [7, 11) is 0. The zero-order valence-corrected chi connectivity index (χ0v) is 18.9. The van der Waals surface area contributed by atoms with Crippen LogP contribution in [0.1, 0.15) is 11.1 Å². The van der Waals surface area contributed by atoms with Crippen molar-refractivity contribution in [2.75, 3.05) is 49.5 Å². The SMILES string of the molecule is Fc1ccc(F)c(CN2CCNc3ncc(-c4cccc(CN5CCNCC5)c4)nc32)c1Cl. The summed E-state index contributed by atoms with van der Waals surface area (Å²) in [6, 6.07) is 10.5. The molecule has 9 heteroatoms. The van der Waals surface area contributed by atoms with Gasteiger partial charge in [0.25, 0.3) is 0 Å². The van der Waals surface area contributed by atoms with Gasteiger partial charge in [0.15, 0.2) is 11.6 Å². The molecule has 3 aromatic rings. The van der Waals surface area contributed by atoms with Crippen molar-refractivity contribution in [2.45, 2.75) is 13.1 Å². The van der Waals surface area contributed by atoms with E-state index in [1.54, 1.807) is 6.20 Å². The molecule has 0 unspecified atom stereocenters. The molecule has 1 aromatic heterocycles. The van der Waals surface area contributed by atoms with Gasteiger partial charge in [0, 0.05) is 63.5 Å². The maximum Gasteiger partial charge on any atom is 0.172 e. The average molecular weight is 471 g/mol. The number of benzene rings is 2. The van der Waals surface area contributed by atoms with Gasteiger partial charge in [-0.05, 0) is 23.8 Å². The molecule has 0 spiro atoms. The molecule has 2 aromatic carbocycles. The first kappa shape index (κ1) is 22.0. The second-order valence-corrected chi connectivity index (χ2v) is 8.70. The highest BCUT2D eigenvalue weighted by Crippen LogP contribution is 2.32. The molecule has 0 radical (unpaired) electrons. The van der Waals surface area contributed by atoms with Crippen LogP contribution in [0.25, 0.3) is 11.3 Å². The van der Waals surface area contributed by atoms with Crippen LogP contribution >= 0.6 is 11.6 Å². The van der Waals surface area contributed by atoms with Crippen molar-refractivity contribution < 1.29 is 8.78 Å². The highest BCUT2D eigenvalue weighted by atomic mass is 35.5. The first-order valence-corrected chi connectivity index (χ1v) is 11.5. The Morgan fingerprint density at radius 3 is 2.64 bits per heavy atom. The van der Waals surface area contributed by atoms with E-state index < -0.39 is 11.6 Å². The lowest BCUT2D eigenvalue weighted by molar-refractivity contribution is 0.233. The maximum absolute atomic E-state index is 14.4. The fraction of sp³-hybridized carbons (Fsp3) is 0.333. The highest BCUT2D eigenvalue weighted by Gasteiger charge is 2.23. The fourth-order valence-corrected chi connectivity index (χ4v) is 4.51. The molecule has 0 amide bonds. The van der Waals surface area contributed by atoms with Crippen LogP contribution in [0.2, 0.25) is 5.02 Å². The highest BCUT2D eigenvalue weighted by molar-refractivity contribution is 6.31. The number of rotatable bonds is 5. The van der Waals surface area contributed by atoms with Crippen LogP contribution in [0.4, 0.5) is 20.4 Å². The van der Waals surface area contributed by atoms with E-state index in [1.165, 1.54) is 5.56 Å². The number of fused-ring (bicyclic) bond motifs is 1. The van der Waals surface area contributed by atoms with E-state index in [-0.39, 0.29) is 17.1 Å². The number of piperazine rings is 1. The molecule has 1 saturated heterocycles. The third-order valence-corrected chi connectivity index (χ3v) is 6.46. The van der Waals surface area contributed by atoms with Gasteiger partial charge in [0.2, 0.25) is 0 Å². The van der Waals surface area contributed by atoms with Crippen molar-refractivity contribution in [2.24, 2.45) is 0 Å². The zero-order valence-electron chi connectivity index (χ0n) is 18.1. The van der Waals surface area contributed by atoms with E-state index in [0.717, 1.165) is 56.1 Å². The van der Waals surface area contributed by atoms with Crippen LogP contribution in [0, 0.1) is 11.6 Å². The van der Waals surface area contributed by atoms with E-state index in [9.17, 15) is 8.78 Å². The number of hydrogen-bond acceptors (Lipinski definition) is 6. The summed E-state index contributed by atoms with van der Waals surface area (Å²) in [4.78, 5) is 13.7. The molecular formula is C24H25ClF2N6. The topological polar surface area (TPSA) is 56.3 Å². The van der Waals surface area contributed by atoms with E-state index >= 15 is 0 Å². The second-order valence-electron chi connectivity index (χ2n) is 8.32. The van der Waals surface area contributed by atoms with Gasteiger partial charge in [-0.1, -0.05) is 29.8 Å². The number of nitrogens with one attached hydrogen (secondary N) is 2. The van der Waals surface area contributed by atoms with Gasteiger partial charge in [-0.3, -0.25) is 4.90 Å². The minimum atomic E-state index is -0.635. The van der Waals surface area contributed by atoms with E-state index in [1.807, 2.05) is 17.0 Å². The fourth-order valence-electron chi connectivity index (χ4n) is 4.29. The largest absolute Gasteiger partial charge is 0.365 e. The van der Waals surface area contributed by atoms with Crippen LogP contribution < -0.4 is 15.5 Å². The Balaban J connectivity index is 1.42. The number of nitrogens with zero attached hydrogens (tertiary/aromatic N) is 4. The quantitative estimate of drug-likeness (QED) is 0.551. The lowest BCUT2D eigenvalue weighted by atomic mass is 10.1. The standard InChI is InChI=1S/C24H25ClF2N6/c25-22-18(19(26)4-5-20(22)27)15-33-11-8-29-23-24(33)31-21(13-30-23)17-3-1-2-16(12-17)14-32-9-6-28-7-10-32/h1-5,12-13,28H,6-11,14-15H2,(H,29,30). The minimum Gasteiger partial charge on any atom is -0.365 e. The summed E-state index contributed by atoms with van der Waals surface area (Å²) in [5, 5.41) is 6.41. The first-order valence-electron chi connectivity index (χ1n) is 11.1. The molecule has 5 rings (SSSR count). The summed E-state index contributed by atoms with van der Waals surface area (Å²) < 4.78 is 28.3. The molecule has 172 valence electrons. The average Bonchev–Trinajstić information content (AvgIpc) is 2.85. The van der Waals surface area contributed by atoms with Crippen molar-refractivity contribution in [3.63, 3.8) is 0 Å². The monoisotopic (exact) mass is 470 g/mol. The lowest BCUT2D eigenvalue weighted by Gasteiger charge is -2.31. The van der Waals surface area contributed by atoms with Gasteiger partial charge in [-0.2, -0.15) is 0 Å². The number of halogens is 3. The van der Waals surface area contributed by atoms with Crippen LogP contribution in [-0.2, 0) is 13.1 Å². The van der Waals surface area contributed by atoms with Crippen molar-refractivity contribution in [3.8, 4) is 11.3 Å². The first-order chi connectivity index (χ1) is 16.1. The van der Waals surface area contributed by atoms with Gasteiger partial charge in [-0.25, -0.2) is 18.7 Å². The predicted octanol–water partition coefficient (Wildman–Crippen LogP) is 3.91. The molecule has 2 N–H and O–H groups in total. The lowest BCUT2D eigenvalue weighted by Crippen LogP contribution is -2.42. The van der Waals surface area contributed by atoms with Crippen LogP contribution in [0.5, 0.6) is 0 Å². The van der Waals surface area contributed by atoms with E-state index in [4.69, 9.17) is 16.6 Å². The normalized spacial score (nSPS) is 16.4. The van der Waals surface area contributed by atoms with Crippen LogP contribution in [0.3, 0.4) is 0 Å². The summed E-state index contributed by atoms with van der Waals surface area (Å²) >= 11 is 6.07. The molecular weight excluding hydrogens is 446 g/mol. The van der Waals surface area contributed by atoms with Gasteiger partial charge < -0.3 is 15.5 Å². The molecule has 0 bridgehead atoms. The van der Waals surface area contributed by atoms with Gasteiger partial charge in [0.1, 0.15) is 11.6 Å². The molecule has 1 fully saturated rings. The van der Waals surface area contributed by atoms with Crippen molar-refractivity contribution in [3.05, 3.63) is 70.4 Å². The Morgan fingerprint density at radius 2 is 1.79 bits per heavy atom. The summed E-state index contributed by atoms with van der Waals surface area (Å²) in [5.74, 6) is 0.0525. The van der Waals surface area contributed by atoms with E-state index in [0.29, 0.717) is 24.7 Å². The molecule has 0 aliphatic carbocycles. The smallest absolute Gasteiger partial charge is 0.172 e. The van der Waals surface area contributed by atoms with Crippen molar-refractivity contribution in [1.82, 2.24) is 20.2 Å². The molecule has 2 aliphatic heterocycles. The Labute approximate surface area is 196 Å². The molecule has 3 heterocycles. The zero-order chi connectivity index (χ0) is 22.8. The molecule has 33 heavy (non-hydrogen) atoms. The Morgan fingerprint density at radius 1 is 0.970 bits per heavy atom. The van der Waals surface area contributed by atoms with Crippen LogP contribution in [0.15, 0.2) is 42.6 Å². The van der Waals surface area contributed by atoms with E-state index in [2.05, 4.69) is 32.7 Å². The van der Waals surface area contributed by atoms with Crippen LogP contribution in [-0.4, -0.2) is 54.1 Å². The molecule has 0 saturated carbocycles. The van der Waals surface area contributed by atoms with Crippen molar-refractivity contribution in [1.29, 1.82) is 0 Å². The number of aromatic nitrogens is 2. The minimum absolute atomic E-state index is 0.109. The third kappa shape index (κ3) is 4.78. The predicted molar refractivity (Wildman–Crippen MR) is 127 cm³/mol. The number of hydrogen-bond donors (Lipinski definition) is 2. The Hall–Kier alpha value is -2.81. The van der Waals surface area contributed by atoms with Gasteiger partial charge in [-0.15, -0.1) is 0 Å².